The molecule has 0 bridgehead atoms. The molecular weight excluding hydrogens is 206 g/mol. The molecule has 0 spiro atoms. The topological polar surface area (TPSA) is 29.1 Å². The van der Waals surface area contributed by atoms with E-state index in [0.717, 1.165) is 5.56 Å². The molecule has 0 unspecified atom stereocenters. The smallest absolute Gasteiger partial charge is 0.234 e. The summed E-state index contributed by atoms with van der Waals surface area (Å²) < 4.78 is 0. The minimum Gasteiger partial charge on any atom is -0.324 e. The number of halogens is 1. The lowest BCUT2D eigenvalue weighted by Gasteiger charge is -2.08. The van der Waals surface area contributed by atoms with Gasteiger partial charge in [0.1, 0.15) is 0 Å². The van der Waals surface area contributed by atoms with Gasteiger partial charge < -0.3 is 5.32 Å². The summed E-state index contributed by atoms with van der Waals surface area (Å²) in [5, 5.41) is 3.23. The van der Waals surface area contributed by atoms with Crippen LogP contribution in [0.2, 0.25) is 5.02 Å². The molecule has 1 rings (SSSR count). The van der Waals surface area contributed by atoms with Crippen molar-refractivity contribution in [3.8, 4) is 0 Å². The summed E-state index contributed by atoms with van der Waals surface area (Å²) in [6.45, 7) is 1.89. The zero-order valence-electron chi connectivity index (χ0n) is 7.17. The minimum atomic E-state index is -0.153. The zero-order valence-corrected chi connectivity index (χ0v) is 8.82. The van der Waals surface area contributed by atoms with E-state index >= 15 is 0 Å². The summed E-state index contributed by atoms with van der Waals surface area (Å²) in [6, 6.07) is 5.47. The second kappa shape index (κ2) is 4.53. The van der Waals surface area contributed by atoms with Crippen LogP contribution in [0.4, 0.5) is 5.69 Å². The Morgan fingerprint density at radius 2 is 2.31 bits per heavy atom. The fourth-order valence-corrected chi connectivity index (χ4v) is 1.32. The number of hydrogen-bond acceptors (Lipinski definition) is 2. The van der Waals surface area contributed by atoms with Crippen LogP contribution >= 0.6 is 24.2 Å². The first-order valence-corrected chi connectivity index (χ1v) is 4.82. The largest absolute Gasteiger partial charge is 0.324 e. The molecule has 0 radical (unpaired) electrons. The molecule has 0 saturated carbocycles. The molecule has 1 amide bonds. The van der Waals surface area contributed by atoms with Gasteiger partial charge in [0.15, 0.2) is 0 Å². The first kappa shape index (κ1) is 10.4. The van der Waals surface area contributed by atoms with Gasteiger partial charge >= 0.3 is 0 Å². The van der Waals surface area contributed by atoms with E-state index in [2.05, 4.69) is 17.9 Å². The highest BCUT2D eigenvalue weighted by Gasteiger charge is 2.05. The molecule has 2 nitrogen and oxygen atoms in total. The average molecular weight is 216 g/mol. The number of para-hydroxylation sites is 1. The summed E-state index contributed by atoms with van der Waals surface area (Å²) >= 11 is 9.75. The summed E-state index contributed by atoms with van der Waals surface area (Å²) in [4.78, 5) is 11.0. The number of rotatable bonds is 2. The van der Waals surface area contributed by atoms with Gasteiger partial charge in [0.25, 0.3) is 0 Å². The van der Waals surface area contributed by atoms with E-state index in [-0.39, 0.29) is 11.7 Å². The van der Waals surface area contributed by atoms with Gasteiger partial charge in [0.05, 0.1) is 16.5 Å². The normalized spacial score (nSPS) is 9.77. The molecule has 0 aliphatic rings. The van der Waals surface area contributed by atoms with Gasteiger partial charge in [-0.2, -0.15) is 12.6 Å². The van der Waals surface area contributed by atoms with E-state index in [1.54, 1.807) is 6.07 Å². The quantitative estimate of drug-likeness (QED) is 0.730. The molecule has 0 fully saturated rings. The highest BCUT2D eigenvalue weighted by molar-refractivity contribution is 7.81. The van der Waals surface area contributed by atoms with E-state index in [9.17, 15) is 4.79 Å². The van der Waals surface area contributed by atoms with Gasteiger partial charge in [-0.25, -0.2) is 0 Å². The standard InChI is InChI=1S/C9H10ClNOS/c1-6-3-2-4-7(10)9(6)11-8(12)5-13/h2-4,13H,5H2,1H3,(H,11,12). The van der Waals surface area contributed by atoms with Crippen molar-refractivity contribution in [2.75, 3.05) is 11.1 Å². The molecular formula is C9H10ClNOS. The third-order valence-electron chi connectivity index (χ3n) is 1.63. The van der Waals surface area contributed by atoms with Crippen LogP contribution in [0, 0.1) is 6.92 Å². The second-order valence-electron chi connectivity index (χ2n) is 2.64. The molecule has 0 saturated heterocycles. The fraction of sp³-hybridized carbons (Fsp3) is 0.222. The van der Waals surface area contributed by atoms with Crippen molar-refractivity contribution < 1.29 is 4.79 Å². The van der Waals surface area contributed by atoms with E-state index in [1.165, 1.54) is 0 Å². The SMILES string of the molecule is Cc1cccc(Cl)c1NC(=O)CS. The molecule has 1 aromatic rings. The molecule has 13 heavy (non-hydrogen) atoms. The van der Waals surface area contributed by atoms with E-state index in [1.807, 2.05) is 19.1 Å². The summed E-state index contributed by atoms with van der Waals surface area (Å²) in [6.07, 6.45) is 0. The number of amides is 1. The maximum absolute atomic E-state index is 11.0. The van der Waals surface area contributed by atoms with Crippen molar-refractivity contribution in [3.05, 3.63) is 28.8 Å². The number of anilines is 1. The summed E-state index contributed by atoms with van der Waals surface area (Å²) in [5.41, 5.74) is 1.62. The first-order chi connectivity index (χ1) is 6.15. The van der Waals surface area contributed by atoms with Crippen LogP contribution in [0.5, 0.6) is 0 Å². The summed E-state index contributed by atoms with van der Waals surface area (Å²) in [5.74, 6) is 0.00419. The van der Waals surface area contributed by atoms with Crippen molar-refractivity contribution in [3.63, 3.8) is 0 Å². The van der Waals surface area contributed by atoms with Crippen LogP contribution in [0.1, 0.15) is 5.56 Å². The van der Waals surface area contributed by atoms with Gasteiger partial charge in [-0.1, -0.05) is 23.7 Å². The third kappa shape index (κ3) is 2.64. The van der Waals surface area contributed by atoms with Crippen molar-refractivity contribution in [1.29, 1.82) is 0 Å². The second-order valence-corrected chi connectivity index (χ2v) is 3.36. The molecule has 0 aromatic heterocycles. The van der Waals surface area contributed by atoms with Crippen LogP contribution in [0.25, 0.3) is 0 Å². The lowest BCUT2D eigenvalue weighted by atomic mass is 10.2. The van der Waals surface area contributed by atoms with E-state index < -0.39 is 0 Å². The van der Waals surface area contributed by atoms with Gasteiger partial charge in [-0.05, 0) is 18.6 Å². The molecule has 4 heteroatoms. The number of nitrogens with one attached hydrogen (secondary N) is 1. The zero-order chi connectivity index (χ0) is 9.84. The number of carbonyl (C=O) groups excluding carboxylic acids is 1. The van der Waals surface area contributed by atoms with Crippen LogP contribution in [-0.2, 0) is 4.79 Å². The van der Waals surface area contributed by atoms with Crippen LogP contribution in [-0.4, -0.2) is 11.7 Å². The van der Waals surface area contributed by atoms with Gasteiger partial charge in [-0.3, -0.25) is 4.79 Å². The molecule has 0 aliphatic carbocycles. The van der Waals surface area contributed by atoms with Crippen molar-refractivity contribution >= 4 is 35.8 Å². The maximum Gasteiger partial charge on any atom is 0.234 e. The highest BCUT2D eigenvalue weighted by Crippen LogP contribution is 2.24. The molecule has 0 aliphatic heterocycles. The van der Waals surface area contributed by atoms with Gasteiger partial charge in [-0.15, -0.1) is 0 Å². The van der Waals surface area contributed by atoms with E-state index in [4.69, 9.17) is 11.6 Å². The van der Waals surface area contributed by atoms with Gasteiger partial charge in [0, 0.05) is 0 Å². The Labute approximate surface area is 87.7 Å². The van der Waals surface area contributed by atoms with E-state index in [0.29, 0.717) is 10.7 Å². The fourth-order valence-electron chi connectivity index (χ4n) is 0.969. The lowest BCUT2D eigenvalue weighted by Crippen LogP contribution is -2.13. The monoisotopic (exact) mass is 215 g/mol. The molecule has 1 aromatic carbocycles. The Bertz CT molecular complexity index is 307. The van der Waals surface area contributed by atoms with Gasteiger partial charge in [0.2, 0.25) is 5.91 Å². The number of aryl methyl sites for hydroxylation is 1. The van der Waals surface area contributed by atoms with Crippen LogP contribution in [0.3, 0.4) is 0 Å². The summed E-state index contributed by atoms with van der Waals surface area (Å²) in [7, 11) is 0. The Balaban J connectivity index is 2.93. The lowest BCUT2D eigenvalue weighted by molar-refractivity contribution is -0.113. The minimum absolute atomic E-state index is 0.153. The Morgan fingerprint density at radius 1 is 1.62 bits per heavy atom. The van der Waals surface area contributed by atoms with Crippen LogP contribution < -0.4 is 5.32 Å². The van der Waals surface area contributed by atoms with Crippen molar-refractivity contribution in [2.24, 2.45) is 0 Å². The molecule has 0 atom stereocenters. The number of carbonyl (C=O) groups is 1. The average Bonchev–Trinajstić information content (AvgIpc) is 2.11. The Morgan fingerprint density at radius 3 is 2.85 bits per heavy atom. The number of hydrogen-bond donors (Lipinski definition) is 2. The van der Waals surface area contributed by atoms with Crippen LogP contribution in [0.15, 0.2) is 18.2 Å². The molecule has 1 N–H and O–H groups in total. The van der Waals surface area contributed by atoms with Crippen molar-refractivity contribution in [1.82, 2.24) is 0 Å². The predicted octanol–water partition coefficient (Wildman–Crippen LogP) is 2.52. The predicted molar refractivity (Wildman–Crippen MR) is 58.7 cm³/mol. The first-order valence-electron chi connectivity index (χ1n) is 3.81. The third-order valence-corrected chi connectivity index (χ3v) is 2.23. The number of benzene rings is 1. The molecule has 70 valence electrons. The molecule has 0 heterocycles. The maximum atomic E-state index is 11.0. The van der Waals surface area contributed by atoms with Crippen molar-refractivity contribution in [2.45, 2.75) is 6.92 Å². The Hall–Kier alpha value is -0.670. The Kier molecular flexibility index (Phi) is 3.63. The number of thiol groups is 1. The highest BCUT2D eigenvalue weighted by atomic mass is 35.5.